The van der Waals surface area contributed by atoms with E-state index >= 15 is 0 Å². The molecule has 0 bridgehead atoms. The first-order chi connectivity index (χ1) is 12.6. The molecule has 0 saturated carbocycles. The van der Waals surface area contributed by atoms with E-state index in [1.54, 1.807) is 24.3 Å². The summed E-state index contributed by atoms with van der Waals surface area (Å²) < 4.78 is 40.7. The molecule has 0 unspecified atom stereocenters. The number of carbonyl (C=O) groups excluding carboxylic acids is 2. The van der Waals surface area contributed by atoms with Crippen molar-refractivity contribution in [2.45, 2.75) is 25.7 Å². The molecule has 0 fully saturated rings. The van der Waals surface area contributed by atoms with Crippen molar-refractivity contribution in [3.63, 3.8) is 0 Å². The van der Waals surface area contributed by atoms with E-state index < -0.39 is 24.1 Å². The van der Waals surface area contributed by atoms with Gasteiger partial charge in [0.1, 0.15) is 5.75 Å². The van der Waals surface area contributed by atoms with Gasteiger partial charge < -0.3 is 15.4 Å². The third-order valence-corrected chi connectivity index (χ3v) is 3.64. The minimum Gasteiger partial charge on any atom is -0.406 e. The highest BCUT2D eigenvalue weighted by atomic mass is 35.5. The number of ether oxygens (including phenoxy) is 1. The maximum atomic E-state index is 12.3. The van der Waals surface area contributed by atoms with Gasteiger partial charge in [-0.3, -0.25) is 9.59 Å². The standard InChI is InChI=1S/C18H16ClF3N2O3/c1-11(25)23-16(12-5-7-13(19)8-6-12)10-17(26)24-14-3-2-4-15(9-14)27-18(20,21)22/h2-9,16H,10H2,1H3,(H,23,25)(H,24,26)/t16-/m1/s1. The van der Waals surface area contributed by atoms with Crippen LogP contribution in [-0.2, 0) is 9.59 Å². The zero-order valence-electron chi connectivity index (χ0n) is 14.1. The average Bonchev–Trinajstić information content (AvgIpc) is 2.53. The van der Waals surface area contributed by atoms with Gasteiger partial charge in [-0.05, 0) is 29.8 Å². The van der Waals surface area contributed by atoms with Crippen LogP contribution in [0.5, 0.6) is 5.75 Å². The van der Waals surface area contributed by atoms with Crippen LogP contribution in [0.25, 0.3) is 0 Å². The third kappa shape index (κ3) is 7.18. The van der Waals surface area contributed by atoms with Gasteiger partial charge in [0.2, 0.25) is 11.8 Å². The maximum Gasteiger partial charge on any atom is 0.573 e. The van der Waals surface area contributed by atoms with Crippen molar-refractivity contribution in [2.75, 3.05) is 5.32 Å². The van der Waals surface area contributed by atoms with Gasteiger partial charge >= 0.3 is 6.36 Å². The molecule has 1 atom stereocenters. The zero-order chi connectivity index (χ0) is 20.0. The molecule has 5 nitrogen and oxygen atoms in total. The minimum absolute atomic E-state index is 0.119. The molecule has 2 rings (SSSR count). The van der Waals surface area contributed by atoms with Crippen molar-refractivity contribution in [1.82, 2.24) is 5.32 Å². The van der Waals surface area contributed by atoms with E-state index in [1.165, 1.54) is 19.1 Å². The van der Waals surface area contributed by atoms with Gasteiger partial charge in [0.05, 0.1) is 12.5 Å². The highest BCUT2D eigenvalue weighted by molar-refractivity contribution is 6.30. The monoisotopic (exact) mass is 400 g/mol. The molecular weight excluding hydrogens is 385 g/mol. The Balaban J connectivity index is 2.08. The number of benzene rings is 2. The van der Waals surface area contributed by atoms with E-state index in [0.717, 1.165) is 12.1 Å². The Morgan fingerprint density at radius 3 is 2.41 bits per heavy atom. The van der Waals surface area contributed by atoms with E-state index in [4.69, 9.17) is 11.6 Å². The van der Waals surface area contributed by atoms with E-state index in [1.807, 2.05) is 0 Å². The van der Waals surface area contributed by atoms with Crippen LogP contribution in [0.1, 0.15) is 24.9 Å². The quantitative estimate of drug-likeness (QED) is 0.753. The van der Waals surface area contributed by atoms with Crippen molar-refractivity contribution in [3.05, 3.63) is 59.1 Å². The number of halogens is 4. The normalized spacial score (nSPS) is 12.2. The van der Waals surface area contributed by atoms with Gasteiger partial charge in [-0.2, -0.15) is 0 Å². The number of alkyl halides is 3. The first kappa shape index (κ1) is 20.6. The maximum absolute atomic E-state index is 12.3. The van der Waals surface area contributed by atoms with Crippen LogP contribution in [0.4, 0.5) is 18.9 Å². The molecule has 9 heteroatoms. The Bertz CT molecular complexity index is 810. The Kier molecular flexibility index (Phi) is 6.68. The summed E-state index contributed by atoms with van der Waals surface area (Å²) >= 11 is 5.84. The smallest absolute Gasteiger partial charge is 0.406 e. The van der Waals surface area contributed by atoms with Gasteiger partial charge in [-0.15, -0.1) is 13.2 Å². The number of carbonyl (C=O) groups is 2. The molecule has 144 valence electrons. The lowest BCUT2D eigenvalue weighted by atomic mass is 10.0. The SMILES string of the molecule is CC(=O)N[C@H](CC(=O)Nc1cccc(OC(F)(F)F)c1)c1ccc(Cl)cc1. The summed E-state index contributed by atoms with van der Waals surface area (Å²) in [6.45, 7) is 1.32. The largest absolute Gasteiger partial charge is 0.573 e. The number of hydrogen-bond acceptors (Lipinski definition) is 3. The predicted molar refractivity (Wildman–Crippen MR) is 94.4 cm³/mol. The molecule has 2 N–H and O–H groups in total. The van der Waals surface area contributed by atoms with E-state index in [-0.39, 0.29) is 18.0 Å². The summed E-state index contributed by atoms with van der Waals surface area (Å²) in [4.78, 5) is 23.7. The molecule has 2 amide bonds. The molecule has 0 saturated heterocycles. The first-order valence-electron chi connectivity index (χ1n) is 7.80. The van der Waals surface area contributed by atoms with Gasteiger partial charge in [-0.25, -0.2) is 0 Å². The molecule has 27 heavy (non-hydrogen) atoms. The Hall–Kier alpha value is -2.74. The second-order valence-corrected chi connectivity index (χ2v) is 6.07. The molecule has 0 aromatic heterocycles. The van der Waals surface area contributed by atoms with E-state index in [0.29, 0.717) is 10.6 Å². The molecule has 2 aromatic rings. The Morgan fingerprint density at radius 1 is 1.15 bits per heavy atom. The van der Waals surface area contributed by atoms with Gasteiger partial charge in [0.15, 0.2) is 0 Å². The van der Waals surface area contributed by atoms with Crippen molar-refractivity contribution in [1.29, 1.82) is 0 Å². The predicted octanol–water partition coefficient (Wildman–Crippen LogP) is 4.44. The van der Waals surface area contributed by atoms with Crippen molar-refractivity contribution in [2.24, 2.45) is 0 Å². The van der Waals surface area contributed by atoms with Crippen molar-refractivity contribution in [3.8, 4) is 5.75 Å². The zero-order valence-corrected chi connectivity index (χ0v) is 14.9. The summed E-state index contributed by atoms with van der Waals surface area (Å²) in [5, 5.41) is 5.65. The molecule has 0 aliphatic carbocycles. The topological polar surface area (TPSA) is 67.4 Å². The summed E-state index contributed by atoms with van der Waals surface area (Å²) in [6.07, 6.45) is -4.95. The fraction of sp³-hybridized carbons (Fsp3) is 0.222. The molecule has 0 radical (unpaired) electrons. The molecule has 2 aromatic carbocycles. The van der Waals surface area contributed by atoms with Crippen LogP contribution in [-0.4, -0.2) is 18.2 Å². The summed E-state index contributed by atoms with van der Waals surface area (Å²) in [7, 11) is 0. The fourth-order valence-electron chi connectivity index (χ4n) is 2.36. The Morgan fingerprint density at radius 2 is 1.81 bits per heavy atom. The molecule has 0 aliphatic heterocycles. The molecule has 0 heterocycles. The van der Waals surface area contributed by atoms with Gasteiger partial charge in [-0.1, -0.05) is 29.8 Å². The van der Waals surface area contributed by atoms with Crippen LogP contribution in [0, 0.1) is 0 Å². The highest BCUT2D eigenvalue weighted by Gasteiger charge is 2.31. The summed E-state index contributed by atoms with van der Waals surface area (Å²) in [5.74, 6) is -1.27. The van der Waals surface area contributed by atoms with Crippen LogP contribution in [0.2, 0.25) is 5.02 Å². The van der Waals surface area contributed by atoms with E-state index in [2.05, 4.69) is 15.4 Å². The number of hydrogen-bond donors (Lipinski definition) is 2. The van der Waals surface area contributed by atoms with Crippen LogP contribution < -0.4 is 15.4 Å². The number of nitrogens with one attached hydrogen (secondary N) is 2. The Labute approximate surface area is 158 Å². The first-order valence-corrected chi connectivity index (χ1v) is 8.18. The fourth-order valence-corrected chi connectivity index (χ4v) is 2.49. The second-order valence-electron chi connectivity index (χ2n) is 5.63. The average molecular weight is 401 g/mol. The molecule has 0 aliphatic rings. The molecular formula is C18H16ClF3N2O3. The van der Waals surface area contributed by atoms with Crippen LogP contribution >= 0.6 is 11.6 Å². The van der Waals surface area contributed by atoms with Crippen molar-refractivity contribution >= 4 is 29.1 Å². The third-order valence-electron chi connectivity index (χ3n) is 3.39. The number of rotatable bonds is 6. The van der Waals surface area contributed by atoms with E-state index in [9.17, 15) is 22.8 Å². The minimum atomic E-state index is -4.83. The lowest BCUT2D eigenvalue weighted by Crippen LogP contribution is -2.29. The number of anilines is 1. The molecule has 0 spiro atoms. The van der Waals surface area contributed by atoms with Gasteiger partial charge in [0, 0.05) is 23.7 Å². The lowest BCUT2D eigenvalue weighted by Gasteiger charge is -2.18. The van der Waals surface area contributed by atoms with Crippen LogP contribution in [0.3, 0.4) is 0 Å². The van der Waals surface area contributed by atoms with Crippen LogP contribution in [0.15, 0.2) is 48.5 Å². The van der Waals surface area contributed by atoms with Gasteiger partial charge in [0.25, 0.3) is 0 Å². The van der Waals surface area contributed by atoms with Crippen molar-refractivity contribution < 1.29 is 27.5 Å². The number of amides is 2. The lowest BCUT2D eigenvalue weighted by molar-refractivity contribution is -0.274. The second kappa shape index (κ2) is 8.77. The summed E-state index contributed by atoms with van der Waals surface area (Å²) in [6, 6.07) is 10.9. The highest BCUT2D eigenvalue weighted by Crippen LogP contribution is 2.26. The summed E-state index contributed by atoms with van der Waals surface area (Å²) in [5.41, 5.74) is 0.804.